The first-order valence-corrected chi connectivity index (χ1v) is 7.83. The van der Waals surface area contributed by atoms with E-state index in [1.807, 2.05) is 19.1 Å². The molecule has 0 aliphatic rings. The number of ether oxygens (including phenoxy) is 2. The second kappa shape index (κ2) is 8.33. The molecule has 2 aromatic carbocycles. The zero-order valence-electron chi connectivity index (χ0n) is 12.9. The Hall–Kier alpha value is -2.34. The molecular weight excluding hydrogens is 360 g/mol. The normalized spacial score (nSPS) is 10.6. The van der Waals surface area contributed by atoms with Crippen LogP contribution in [0.2, 0.25) is 0 Å². The summed E-state index contributed by atoms with van der Waals surface area (Å²) in [4.78, 5) is 12.0. The van der Waals surface area contributed by atoms with Gasteiger partial charge in [-0.2, -0.15) is 5.10 Å². The van der Waals surface area contributed by atoms with Crippen molar-refractivity contribution < 1.29 is 14.3 Å². The summed E-state index contributed by atoms with van der Waals surface area (Å²) in [6.45, 7) is 2.47. The van der Waals surface area contributed by atoms with Gasteiger partial charge in [0, 0.05) is 10.0 Å². The molecule has 0 aromatic heterocycles. The predicted octanol–water partition coefficient (Wildman–Crippen LogP) is 3.62. The van der Waals surface area contributed by atoms with Crippen LogP contribution in [0.1, 0.15) is 22.8 Å². The number of rotatable bonds is 6. The van der Waals surface area contributed by atoms with E-state index in [2.05, 4.69) is 26.5 Å². The maximum atomic E-state index is 12.0. The molecule has 0 fully saturated rings. The van der Waals surface area contributed by atoms with Crippen molar-refractivity contribution in [3.63, 3.8) is 0 Å². The Labute approximate surface area is 143 Å². The fraction of sp³-hybridized carbons (Fsp3) is 0.176. The fourth-order valence-electron chi connectivity index (χ4n) is 1.90. The van der Waals surface area contributed by atoms with Gasteiger partial charge in [0.2, 0.25) is 0 Å². The smallest absolute Gasteiger partial charge is 0.271 e. The number of carbonyl (C=O) groups is 1. The number of halogens is 1. The summed E-state index contributed by atoms with van der Waals surface area (Å²) in [6.07, 6.45) is 1.55. The molecule has 0 bridgehead atoms. The largest absolute Gasteiger partial charge is 0.493 e. The van der Waals surface area contributed by atoms with Gasteiger partial charge in [-0.3, -0.25) is 4.79 Å². The van der Waals surface area contributed by atoms with Crippen molar-refractivity contribution in [2.24, 2.45) is 5.10 Å². The van der Waals surface area contributed by atoms with Crippen molar-refractivity contribution in [2.75, 3.05) is 13.7 Å². The zero-order valence-corrected chi connectivity index (χ0v) is 14.5. The van der Waals surface area contributed by atoms with E-state index >= 15 is 0 Å². The molecule has 2 aromatic rings. The molecule has 1 N–H and O–H groups in total. The third-order valence-corrected chi connectivity index (χ3v) is 3.45. The van der Waals surface area contributed by atoms with Gasteiger partial charge in [0.05, 0.1) is 19.9 Å². The third kappa shape index (κ3) is 4.82. The van der Waals surface area contributed by atoms with Crippen molar-refractivity contribution in [3.05, 3.63) is 58.1 Å². The molecule has 6 heteroatoms. The second-order valence-electron chi connectivity index (χ2n) is 4.55. The first-order valence-electron chi connectivity index (χ1n) is 7.04. The average Bonchev–Trinajstić information content (AvgIpc) is 2.56. The van der Waals surface area contributed by atoms with Crippen LogP contribution in [0.25, 0.3) is 0 Å². The van der Waals surface area contributed by atoms with Crippen LogP contribution < -0.4 is 14.9 Å². The van der Waals surface area contributed by atoms with Crippen LogP contribution in [0.3, 0.4) is 0 Å². The van der Waals surface area contributed by atoms with Gasteiger partial charge < -0.3 is 9.47 Å². The van der Waals surface area contributed by atoms with E-state index in [1.165, 1.54) is 0 Å². The molecule has 0 heterocycles. The van der Waals surface area contributed by atoms with Crippen LogP contribution in [0, 0.1) is 0 Å². The minimum absolute atomic E-state index is 0.277. The van der Waals surface area contributed by atoms with E-state index in [-0.39, 0.29) is 5.91 Å². The molecule has 0 unspecified atom stereocenters. The van der Waals surface area contributed by atoms with E-state index in [0.29, 0.717) is 23.7 Å². The summed E-state index contributed by atoms with van der Waals surface area (Å²) < 4.78 is 11.6. The maximum Gasteiger partial charge on any atom is 0.271 e. The van der Waals surface area contributed by atoms with Crippen LogP contribution in [-0.4, -0.2) is 25.8 Å². The van der Waals surface area contributed by atoms with Crippen LogP contribution in [0.5, 0.6) is 11.5 Å². The van der Waals surface area contributed by atoms with Gasteiger partial charge in [-0.15, -0.1) is 0 Å². The van der Waals surface area contributed by atoms with Crippen LogP contribution in [0.4, 0.5) is 0 Å². The highest BCUT2D eigenvalue weighted by Crippen LogP contribution is 2.27. The van der Waals surface area contributed by atoms with Gasteiger partial charge in [0.25, 0.3) is 5.91 Å². The Morgan fingerprint density at radius 3 is 2.78 bits per heavy atom. The lowest BCUT2D eigenvalue weighted by atomic mass is 10.2. The Balaban J connectivity index is 2.04. The number of nitrogens with one attached hydrogen (secondary N) is 1. The molecule has 0 atom stereocenters. The average molecular weight is 377 g/mol. The minimum Gasteiger partial charge on any atom is -0.493 e. The summed E-state index contributed by atoms with van der Waals surface area (Å²) in [5.41, 5.74) is 3.81. The van der Waals surface area contributed by atoms with Crippen LogP contribution >= 0.6 is 15.9 Å². The summed E-state index contributed by atoms with van der Waals surface area (Å²) in [5, 5.41) is 3.96. The molecule has 1 amide bonds. The van der Waals surface area contributed by atoms with Crippen molar-refractivity contribution in [3.8, 4) is 11.5 Å². The van der Waals surface area contributed by atoms with Crippen molar-refractivity contribution >= 4 is 28.1 Å². The van der Waals surface area contributed by atoms with Crippen LogP contribution in [0.15, 0.2) is 52.0 Å². The number of carbonyl (C=O) groups excluding carboxylic acids is 1. The van der Waals surface area contributed by atoms with Crippen molar-refractivity contribution in [1.82, 2.24) is 5.43 Å². The summed E-state index contributed by atoms with van der Waals surface area (Å²) in [5.74, 6) is 1.01. The molecule has 0 saturated heterocycles. The van der Waals surface area contributed by atoms with Crippen LogP contribution in [-0.2, 0) is 0 Å². The van der Waals surface area contributed by atoms with Gasteiger partial charge in [0.1, 0.15) is 0 Å². The van der Waals surface area contributed by atoms with E-state index < -0.39 is 0 Å². The zero-order chi connectivity index (χ0) is 16.7. The number of hydrogen-bond donors (Lipinski definition) is 1. The van der Waals surface area contributed by atoms with Gasteiger partial charge in [0.15, 0.2) is 11.5 Å². The molecule has 5 nitrogen and oxygen atoms in total. The lowest BCUT2D eigenvalue weighted by Crippen LogP contribution is -2.17. The second-order valence-corrected chi connectivity index (χ2v) is 5.47. The molecule has 0 aliphatic heterocycles. The Morgan fingerprint density at radius 1 is 1.26 bits per heavy atom. The van der Waals surface area contributed by atoms with E-state index in [0.717, 1.165) is 10.0 Å². The van der Waals surface area contributed by atoms with Crippen molar-refractivity contribution in [1.29, 1.82) is 0 Å². The first-order chi connectivity index (χ1) is 11.1. The summed E-state index contributed by atoms with van der Waals surface area (Å²) in [7, 11) is 1.58. The standard InChI is InChI=1S/C17H17BrN2O3/c1-3-23-15-8-7-12(9-16(15)22-2)11-19-20-17(21)13-5-4-6-14(18)10-13/h4-11H,3H2,1-2H3,(H,20,21). The number of nitrogens with zero attached hydrogens (tertiary/aromatic N) is 1. The van der Waals surface area contributed by atoms with Crippen molar-refractivity contribution in [2.45, 2.75) is 6.92 Å². The fourth-order valence-corrected chi connectivity index (χ4v) is 2.30. The highest BCUT2D eigenvalue weighted by Gasteiger charge is 2.05. The number of hydrazone groups is 1. The predicted molar refractivity (Wildman–Crippen MR) is 93.4 cm³/mol. The Bertz CT molecular complexity index is 717. The quantitative estimate of drug-likeness (QED) is 0.618. The molecule has 23 heavy (non-hydrogen) atoms. The monoisotopic (exact) mass is 376 g/mol. The summed E-state index contributed by atoms with van der Waals surface area (Å²) in [6, 6.07) is 12.5. The maximum absolute atomic E-state index is 12.0. The van der Waals surface area contributed by atoms with E-state index in [9.17, 15) is 4.79 Å². The molecular formula is C17H17BrN2O3. The molecule has 0 saturated carbocycles. The van der Waals surface area contributed by atoms with Gasteiger partial charge in [-0.1, -0.05) is 22.0 Å². The molecule has 0 radical (unpaired) electrons. The Kier molecular flexibility index (Phi) is 6.17. The topological polar surface area (TPSA) is 59.9 Å². The lowest BCUT2D eigenvalue weighted by Gasteiger charge is -2.09. The van der Waals surface area contributed by atoms with E-state index in [1.54, 1.807) is 43.7 Å². The first kappa shape index (κ1) is 17.0. The molecule has 0 spiro atoms. The van der Waals surface area contributed by atoms with Gasteiger partial charge in [-0.05, 0) is 48.9 Å². The highest BCUT2D eigenvalue weighted by molar-refractivity contribution is 9.10. The van der Waals surface area contributed by atoms with Gasteiger partial charge >= 0.3 is 0 Å². The van der Waals surface area contributed by atoms with E-state index in [4.69, 9.17) is 9.47 Å². The molecule has 120 valence electrons. The minimum atomic E-state index is -0.277. The van der Waals surface area contributed by atoms with Gasteiger partial charge in [-0.25, -0.2) is 5.43 Å². The Morgan fingerprint density at radius 2 is 2.09 bits per heavy atom. The lowest BCUT2D eigenvalue weighted by molar-refractivity contribution is 0.0955. The highest BCUT2D eigenvalue weighted by atomic mass is 79.9. The molecule has 2 rings (SSSR count). The number of amides is 1. The number of hydrogen-bond acceptors (Lipinski definition) is 4. The third-order valence-electron chi connectivity index (χ3n) is 2.95. The summed E-state index contributed by atoms with van der Waals surface area (Å²) >= 11 is 3.33. The number of methoxy groups -OCH3 is 1. The SMILES string of the molecule is CCOc1ccc(C=NNC(=O)c2cccc(Br)c2)cc1OC. The molecule has 0 aliphatic carbocycles. The number of benzene rings is 2.